The van der Waals surface area contributed by atoms with Gasteiger partial charge in [-0.05, 0) is 19.3 Å². The van der Waals surface area contributed by atoms with Crippen LogP contribution in [0.1, 0.15) is 50.1 Å². The van der Waals surface area contributed by atoms with Crippen molar-refractivity contribution in [3.05, 3.63) is 11.8 Å². The minimum Gasteiger partial charge on any atom is -0.381 e. The molecule has 0 spiro atoms. The normalized spacial score (nSPS) is 25.6. The second kappa shape index (κ2) is 7.15. The molecule has 0 radical (unpaired) electrons. The number of hydrogen-bond donors (Lipinski definition) is 1. The fourth-order valence-corrected chi connectivity index (χ4v) is 4.27. The molecule has 3 aliphatic rings. The van der Waals surface area contributed by atoms with Gasteiger partial charge in [0.1, 0.15) is 5.82 Å². The zero-order chi connectivity index (χ0) is 17.2. The van der Waals surface area contributed by atoms with Crippen molar-refractivity contribution in [2.75, 3.05) is 43.5 Å². The summed E-state index contributed by atoms with van der Waals surface area (Å²) < 4.78 is 5.46. The third-order valence-corrected chi connectivity index (χ3v) is 5.69. The Morgan fingerprint density at radius 2 is 1.96 bits per heavy atom. The number of carbonyl (C=O) groups excluding carboxylic acids is 1. The van der Waals surface area contributed by atoms with E-state index < -0.39 is 0 Å². The molecule has 7 heteroatoms. The van der Waals surface area contributed by atoms with Crippen molar-refractivity contribution in [3.8, 4) is 0 Å². The summed E-state index contributed by atoms with van der Waals surface area (Å²) in [5, 5.41) is 0. The smallest absolute Gasteiger partial charge is 0.242 e. The summed E-state index contributed by atoms with van der Waals surface area (Å²) in [5.41, 5.74) is 6.86. The van der Waals surface area contributed by atoms with Crippen LogP contribution in [0.5, 0.6) is 0 Å². The number of nitrogen functional groups attached to an aromatic ring is 1. The molecular weight excluding hydrogens is 318 g/mol. The molecule has 1 amide bonds. The monoisotopic (exact) mass is 345 g/mol. The zero-order valence-electron chi connectivity index (χ0n) is 14.7. The SMILES string of the molecule is Nc1nc([C@@H]2CCOC2)cc(N2CCN(C3CCCCC3)C(=O)C2)n1. The lowest BCUT2D eigenvalue weighted by molar-refractivity contribution is -0.134. The van der Waals surface area contributed by atoms with E-state index in [1.807, 2.05) is 11.0 Å². The third-order valence-electron chi connectivity index (χ3n) is 5.69. The largest absolute Gasteiger partial charge is 0.381 e. The van der Waals surface area contributed by atoms with E-state index >= 15 is 0 Å². The van der Waals surface area contributed by atoms with E-state index in [4.69, 9.17) is 10.5 Å². The first-order valence-corrected chi connectivity index (χ1v) is 9.47. The molecule has 3 fully saturated rings. The molecule has 136 valence electrons. The lowest BCUT2D eigenvalue weighted by atomic mass is 9.93. The molecule has 2 N–H and O–H groups in total. The number of hydrogen-bond acceptors (Lipinski definition) is 6. The first-order valence-electron chi connectivity index (χ1n) is 9.47. The number of amides is 1. The first-order chi connectivity index (χ1) is 12.2. The number of piperazine rings is 1. The number of nitrogens with zero attached hydrogens (tertiary/aromatic N) is 4. The second-order valence-corrected chi connectivity index (χ2v) is 7.37. The van der Waals surface area contributed by atoms with Gasteiger partial charge in [-0.15, -0.1) is 0 Å². The van der Waals surface area contributed by atoms with Crippen molar-refractivity contribution in [3.63, 3.8) is 0 Å². The Bertz CT molecular complexity index is 626. The van der Waals surface area contributed by atoms with Crippen molar-refractivity contribution in [2.45, 2.75) is 50.5 Å². The summed E-state index contributed by atoms with van der Waals surface area (Å²) in [6.45, 7) is 3.41. The number of carbonyl (C=O) groups is 1. The van der Waals surface area contributed by atoms with E-state index in [9.17, 15) is 4.79 Å². The number of rotatable bonds is 3. The van der Waals surface area contributed by atoms with Crippen LogP contribution in [0.15, 0.2) is 6.07 Å². The van der Waals surface area contributed by atoms with Crippen LogP contribution in [0.25, 0.3) is 0 Å². The van der Waals surface area contributed by atoms with E-state index in [1.165, 1.54) is 19.3 Å². The molecule has 2 saturated heterocycles. The van der Waals surface area contributed by atoms with Crippen LogP contribution in [0.4, 0.5) is 11.8 Å². The highest BCUT2D eigenvalue weighted by Crippen LogP contribution is 2.28. The minimum absolute atomic E-state index is 0.209. The van der Waals surface area contributed by atoms with Crippen molar-refractivity contribution in [1.29, 1.82) is 0 Å². The summed E-state index contributed by atoms with van der Waals surface area (Å²) in [4.78, 5) is 25.6. The molecular formula is C18H27N5O2. The van der Waals surface area contributed by atoms with Gasteiger partial charge < -0.3 is 20.3 Å². The number of ether oxygens (including phenoxy) is 1. The molecule has 0 unspecified atom stereocenters. The molecule has 2 aliphatic heterocycles. The van der Waals surface area contributed by atoms with Gasteiger partial charge >= 0.3 is 0 Å². The third kappa shape index (κ3) is 3.56. The Kier molecular flexibility index (Phi) is 4.74. The highest BCUT2D eigenvalue weighted by atomic mass is 16.5. The average molecular weight is 345 g/mol. The van der Waals surface area contributed by atoms with Gasteiger partial charge in [0, 0.05) is 37.7 Å². The predicted molar refractivity (Wildman–Crippen MR) is 95.4 cm³/mol. The van der Waals surface area contributed by atoms with Gasteiger partial charge in [0.15, 0.2) is 0 Å². The lowest BCUT2D eigenvalue weighted by Gasteiger charge is -2.41. The topological polar surface area (TPSA) is 84.6 Å². The Labute approximate surface area is 148 Å². The molecule has 0 bridgehead atoms. The van der Waals surface area contributed by atoms with E-state index in [0.717, 1.165) is 50.5 Å². The number of nitrogens with two attached hydrogens (primary N) is 1. The standard InChI is InChI=1S/C18H27N5O2/c19-18-20-15(13-6-9-25-12-13)10-16(21-18)22-7-8-23(17(24)11-22)14-4-2-1-3-5-14/h10,13-14H,1-9,11-12H2,(H2,19,20,21)/t13-/m1/s1. The summed E-state index contributed by atoms with van der Waals surface area (Å²) in [7, 11) is 0. The van der Waals surface area contributed by atoms with Gasteiger partial charge in [0.05, 0.1) is 18.8 Å². The Morgan fingerprint density at radius 1 is 1.12 bits per heavy atom. The average Bonchev–Trinajstić information content (AvgIpc) is 3.16. The van der Waals surface area contributed by atoms with Crippen LogP contribution in [-0.2, 0) is 9.53 Å². The van der Waals surface area contributed by atoms with Gasteiger partial charge in [-0.1, -0.05) is 19.3 Å². The molecule has 3 heterocycles. The van der Waals surface area contributed by atoms with Crippen LogP contribution in [0.3, 0.4) is 0 Å². The quantitative estimate of drug-likeness (QED) is 0.895. The van der Waals surface area contributed by atoms with E-state index in [2.05, 4.69) is 14.9 Å². The molecule has 1 aromatic rings. The fraction of sp³-hybridized carbons (Fsp3) is 0.722. The minimum atomic E-state index is 0.209. The molecule has 4 rings (SSSR count). The van der Waals surface area contributed by atoms with E-state index in [1.54, 1.807) is 0 Å². The van der Waals surface area contributed by atoms with Crippen molar-refractivity contribution in [2.24, 2.45) is 0 Å². The number of anilines is 2. The molecule has 1 atom stereocenters. The first kappa shape index (κ1) is 16.6. The van der Waals surface area contributed by atoms with Gasteiger partial charge in [0.2, 0.25) is 11.9 Å². The highest BCUT2D eigenvalue weighted by Gasteiger charge is 2.31. The fourth-order valence-electron chi connectivity index (χ4n) is 4.27. The summed E-state index contributed by atoms with van der Waals surface area (Å²) in [6, 6.07) is 2.42. The van der Waals surface area contributed by atoms with Crippen molar-refractivity contribution in [1.82, 2.24) is 14.9 Å². The van der Waals surface area contributed by atoms with Crippen LogP contribution in [0.2, 0.25) is 0 Å². The van der Waals surface area contributed by atoms with Gasteiger partial charge in [0.25, 0.3) is 0 Å². The lowest BCUT2D eigenvalue weighted by Crippen LogP contribution is -2.54. The molecule has 1 aliphatic carbocycles. The predicted octanol–water partition coefficient (Wildman–Crippen LogP) is 1.54. The highest BCUT2D eigenvalue weighted by molar-refractivity contribution is 5.82. The summed E-state index contributed by atoms with van der Waals surface area (Å²) in [5.74, 6) is 1.54. The van der Waals surface area contributed by atoms with E-state index in [0.29, 0.717) is 19.2 Å². The maximum absolute atomic E-state index is 12.7. The van der Waals surface area contributed by atoms with Crippen molar-refractivity contribution < 1.29 is 9.53 Å². The van der Waals surface area contributed by atoms with Gasteiger partial charge in [-0.3, -0.25) is 4.79 Å². The van der Waals surface area contributed by atoms with Crippen molar-refractivity contribution >= 4 is 17.7 Å². The Balaban J connectivity index is 1.47. The van der Waals surface area contributed by atoms with Gasteiger partial charge in [-0.25, -0.2) is 4.98 Å². The van der Waals surface area contributed by atoms with Crippen LogP contribution in [0, 0.1) is 0 Å². The van der Waals surface area contributed by atoms with Crippen LogP contribution in [-0.4, -0.2) is 59.7 Å². The zero-order valence-corrected chi connectivity index (χ0v) is 14.7. The maximum atomic E-state index is 12.7. The van der Waals surface area contributed by atoms with Crippen LogP contribution >= 0.6 is 0 Å². The van der Waals surface area contributed by atoms with E-state index in [-0.39, 0.29) is 17.8 Å². The molecule has 1 aromatic heterocycles. The second-order valence-electron chi connectivity index (χ2n) is 7.37. The molecule has 7 nitrogen and oxygen atoms in total. The molecule has 25 heavy (non-hydrogen) atoms. The maximum Gasteiger partial charge on any atom is 0.242 e. The molecule has 1 saturated carbocycles. The Hall–Kier alpha value is -1.89. The number of aromatic nitrogens is 2. The summed E-state index contributed by atoms with van der Waals surface area (Å²) in [6.07, 6.45) is 7.06. The van der Waals surface area contributed by atoms with Crippen LogP contribution < -0.4 is 10.6 Å². The Morgan fingerprint density at radius 3 is 2.68 bits per heavy atom. The molecule has 0 aromatic carbocycles. The summed E-state index contributed by atoms with van der Waals surface area (Å²) >= 11 is 0. The van der Waals surface area contributed by atoms with Gasteiger partial charge in [-0.2, -0.15) is 4.98 Å².